The maximum absolute atomic E-state index is 9.84. The summed E-state index contributed by atoms with van der Waals surface area (Å²) in [5, 5.41) is 19.6. The van der Waals surface area contributed by atoms with Crippen LogP contribution in [0.3, 0.4) is 0 Å². The van der Waals surface area contributed by atoms with Crippen molar-refractivity contribution in [3.63, 3.8) is 0 Å². The van der Waals surface area contributed by atoms with Crippen LogP contribution in [0.1, 0.15) is 23.7 Å². The number of hydrogen-bond donors (Lipinski definition) is 3. The number of aliphatic hydroxyl groups is 1. The predicted molar refractivity (Wildman–Crippen MR) is 58.0 cm³/mol. The molecule has 0 saturated heterocycles. The Balaban J connectivity index is 3.14. The molecule has 4 nitrogen and oxygen atoms in total. The number of methoxy groups -OCH3 is 1. The Labute approximate surface area is 89.3 Å². The third kappa shape index (κ3) is 2.40. The summed E-state index contributed by atoms with van der Waals surface area (Å²) in [7, 11) is 1.48. The molecule has 0 aromatic heterocycles. The molecule has 0 radical (unpaired) electrons. The van der Waals surface area contributed by atoms with Gasteiger partial charge in [0.1, 0.15) is 0 Å². The minimum Gasteiger partial charge on any atom is -0.504 e. The summed E-state index contributed by atoms with van der Waals surface area (Å²) in [5.74, 6) is 0.366. The zero-order chi connectivity index (χ0) is 11.4. The minimum absolute atomic E-state index is 0.00144. The van der Waals surface area contributed by atoms with E-state index in [4.69, 9.17) is 10.5 Å². The normalized spacial score (nSPS) is 12.5. The molecule has 0 amide bonds. The summed E-state index contributed by atoms with van der Waals surface area (Å²) >= 11 is 0. The van der Waals surface area contributed by atoms with Gasteiger partial charge in [0.05, 0.1) is 13.2 Å². The summed E-state index contributed by atoms with van der Waals surface area (Å²) < 4.78 is 4.98. The van der Waals surface area contributed by atoms with Gasteiger partial charge in [0.15, 0.2) is 11.5 Å². The van der Waals surface area contributed by atoms with Gasteiger partial charge in [0, 0.05) is 5.56 Å². The quantitative estimate of drug-likeness (QED) is 0.697. The van der Waals surface area contributed by atoms with Crippen molar-refractivity contribution in [2.45, 2.75) is 19.4 Å². The number of ether oxygens (including phenoxy) is 1. The molecule has 1 aromatic carbocycles. The van der Waals surface area contributed by atoms with Gasteiger partial charge in [-0.05, 0) is 31.5 Å². The van der Waals surface area contributed by atoms with Gasteiger partial charge in [-0.1, -0.05) is 6.07 Å². The number of hydrogen-bond acceptors (Lipinski definition) is 4. The lowest BCUT2D eigenvalue weighted by molar-refractivity contribution is 0.165. The molecule has 0 fully saturated rings. The average molecular weight is 211 g/mol. The lowest BCUT2D eigenvalue weighted by atomic mass is 9.99. The highest BCUT2D eigenvalue weighted by Crippen LogP contribution is 2.36. The number of aliphatic hydroxyl groups excluding tert-OH is 1. The van der Waals surface area contributed by atoms with Crippen LogP contribution in [-0.4, -0.2) is 23.9 Å². The maximum Gasteiger partial charge on any atom is 0.163 e. The first-order valence-electron chi connectivity index (χ1n) is 4.86. The Morgan fingerprint density at radius 2 is 2.13 bits per heavy atom. The average Bonchev–Trinajstić information content (AvgIpc) is 2.18. The summed E-state index contributed by atoms with van der Waals surface area (Å²) in [6, 6.07) is 3.47. The van der Waals surface area contributed by atoms with Crippen molar-refractivity contribution in [1.82, 2.24) is 0 Å². The van der Waals surface area contributed by atoms with E-state index < -0.39 is 6.10 Å². The van der Waals surface area contributed by atoms with E-state index in [-0.39, 0.29) is 5.75 Å². The van der Waals surface area contributed by atoms with E-state index in [0.29, 0.717) is 24.3 Å². The number of benzene rings is 1. The Kier molecular flexibility index (Phi) is 3.94. The second-order valence-electron chi connectivity index (χ2n) is 3.44. The Bertz CT molecular complexity index is 339. The molecule has 1 rings (SSSR count). The van der Waals surface area contributed by atoms with Crippen LogP contribution < -0.4 is 10.5 Å². The largest absolute Gasteiger partial charge is 0.504 e. The summed E-state index contributed by atoms with van der Waals surface area (Å²) in [5.41, 5.74) is 6.69. The van der Waals surface area contributed by atoms with E-state index in [9.17, 15) is 10.2 Å². The van der Waals surface area contributed by atoms with Crippen molar-refractivity contribution in [2.75, 3.05) is 13.7 Å². The number of rotatable bonds is 4. The van der Waals surface area contributed by atoms with Crippen LogP contribution in [-0.2, 0) is 0 Å². The fourth-order valence-corrected chi connectivity index (χ4v) is 1.58. The molecule has 84 valence electrons. The van der Waals surface area contributed by atoms with E-state index in [1.54, 1.807) is 12.1 Å². The van der Waals surface area contributed by atoms with E-state index >= 15 is 0 Å². The van der Waals surface area contributed by atoms with Crippen LogP contribution in [0.2, 0.25) is 0 Å². The van der Waals surface area contributed by atoms with Gasteiger partial charge in [-0.15, -0.1) is 0 Å². The molecule has 15 heavy (non-hydrogen) atoms. The standard InChI is InChI=1S/C11H17NO3/c1-7-3-4-9(15-2)11(14)10(7)8(13)5-6-12/h3-4,8,13-14H,5-6,12H2,1-2H3. The van der Waals surface area contributed by atoms with Crippen LogP contribution >= 0.6 is 0 Å². The van der Waals surface area contributed by atoms with Crippen molar-refractivity contribution in [3.05, 3.63) is 23.3 Å². The van der Waals surface area contributed by atoms with E-state index in [2.05, 4.69) is 0 Å². The second-order valence-corrected chi connectivity index (χ2v) is 3.44. The molecule has 0 spiro atoms. The maximum atomic E-state index is 9.84. The number of phenols is 1. The minimum atomic E-state index is -0.745. The van der Waals surface area contributed by atoms with Crippen LogP contribution in [0.15, 0.2) is 12.1 Å². The molecule has 0 aliphatic heterocycles. The first-order chi connectivity index (χ1) is 7.11. The van der Waals surface area contributed by atoms with Crippen molar-refractivity contribution in [1.29, 1.82) is 0 Å². The topological polar surface area (TPSA) is 75.7 Å². The zero-order valence-electron chi connectivity index (χ0n) is 9.03. The first kappa shape index (κ1) is 11.8. The highest BCUT2D eigenvalue weighted by atomic mass is 16.5. The fraction of sp³-hybridized carbons (Fsp3) is 0.455. The van der Waals surface area contributed by atoms with E-state index in [0.717, 1.165) is 5.56 Å². The Hall–Kier alpha value is -1.26. The molecular formula is C11H17NO3. The molecule has 4 heteroatoms. The van der Waals surface area contributed by atoms with E-state index in [1.807, 2.05) is 6.92 Å². The van der Waals surface area contributed by atoms with Crippen molar-refractivity contribution in [3.8, 4) is 11.5 Å². The van der Waals surface area contributed by atoms with Crippen LogP contribution in [0.5, 0.6) is 11.5 Å². The molecule has 1 aromatic rings. The zero-order valence-corrected chi connectivity index (χ0v) is 9.03. The molecule has 1 atom stereocenters. The van der Waals surface area contributed by atoms with Gasteiger partial charge in [0.2, 0.25) is 0 Å². The molecule has 0 aliphatic rings. The van der Waals surface area contributed by atoms with Gasteiger partial charge in [-0.3, -0.25) is 0 Å². The van der Waals surface area contributed by atoms with Crippen LogP contribution in [0.4, 0.5) is 0 Å². The monoisotopic (exact) mass is 211 g/mol. The number of phenolic OH excluding ortho intramolecular Hbond substituents is 1. The molecule has 0 heterocycles. The molecule has 4 N–H and O–H groups in total. The summed E-state index contributed by atoms with van der Waals surface area (Å²) in [4.78, 5) is 0. The Morgan fingerprint density at radius 1 is 1.47 bits per heavy atom. The third-order valence-corrected chi connectivity index (χ3v) is 2.39. The van der Waals surface area contributed by atoms with Crippen molar-refractivity contribution >= 4 is 0 Å². The lowest BCUT2D eigenvalue weighted by Gasteiger charge is -2.16. The first-order valence-corrected chi connectivity index (χ1v) is 4.86. The Morgan fingerprint density at radius 3 is 2.67 bits per heavy atom. The fourth-order valence-electron chi connectivity index (χ4n) is 1.58. The number of nitrogens with two attached hydrogens (primary N) is 1. The lowest BCUT2D eigenvalue weighted by Crippen LogP contribution is -2.08. The molecule has 1 unspecified atom stereocenters. The van der Waals surface area contributed by atoms with Crippen molar-refractivity contribution < 1.29 is 14.9 Å². The van der Waals surface area contributed by atoms with Crippen LogP contribution in [0.25, 0.3) is 0 Å². The third-order valence-electron chi connectivity index (χ3n) is 2.39. The van der Waals surface area contributed by atoms with E-state index in [1.165, 1.54) is 7.11 Å². The second kappa shape index (κ2) is 5.00. The smallest absolute Gasteiger partial charge is 0.163 e. The van der Waals surface area contributed by atoms with Crippen LogP contribution in [0, 0.1) is 6.92 Å². The van der Waals surface area contributed by atoms with Gasteiger partial charge >= 0.3 is 0 Å². The highest BCUT2D eigenvalue weighted by molar-refractivity contribution is 5.50. The van der Waals surface area contributed by atoms with Gasteiger partial charge in [-0.2, -0.15) is 0 Å². The summed E-state index contributed by atoms with van der Waals surface area (Å²) in [6.45, 7) is 2.20. The molecular weight excluding hydrogens is 194 g/mol. The van der Waals surface area contributed by atoms with Gasteiger partial charge in [0.25, 0.3) is 0 Å². The molecule has 0 saturated carbocycles. The highest BCUT2D eigenvalue weighted by Gasteiger charge is 2.17. The number of aromatic hydroxyl groups is 1. The van der Waals surface area contributed by atoms with Crippen molar-refractivity contribution in [2.24, 2.45) is 5.73 Å². The van der Waals surface area contributed by atoms with Gasteiger partial charge < -0.3 is 20.7 Å². The summed E-state index contributed by atoms with van der Waals surface area (Å²) in [6.07, 6.45) is -0.327. The SMILES string of the molecule is COc1ccc(C)c(C(O)CCN)c1O. The number of aryl methyl sites for hydroxylation is 1. The van der Waals surface area contributed by atoms with Gasteiger partial charge in [-0.25, -0.2) is 0 Å². The molecule has 0 aliphatic carbocycles. The molecule has 0 bridgehead atoms. The predicted octanol–water partition coefficient (Wildman–Crippen LogP) is 1.09.